The number of thiophene rings is 1. The van der Waals surface area contributed by atoms with Gasteiger partial charge in [0.15, 0.2) is 0 Å². The van der Waals surface area contributed by atoms with Crippen LogP contribution in [-0.2, 0) is 12.8 Å². The number of fused-ring (bicyclic) bond motifs is 1. The van der Waals surface area contributed by atoms with Crippen molar-refractivity contribution in [1.82, 2.24) is 4.90 Å². The standard InChI is InChI=1S/C24H30N2O2S/c1-17-10-9-11-18(16-17)22(27)25-23-21(19-12-5-4-6-13-20(19)29-23)24(28)26-14-7-2-3-8-15-26/h9-11,16H,2-8,12-15H2,1H3,(H,25,27). The zero-order valence-corrected chi connectivity index (χ0v) is 18.1. The van der Waals surface area contributed by atoms with E-state index in [4.69, 9.17) is 0 Å². The molecule has 2 amide bonds. The fraction of sp³-hybridized carbons (Fsp3) is 0.500. The summed E-state index contributed by atoms with van der Waals surface area (Å²) in [6.45, 7) is 3.64. The van der Waals surface area contributed by atoms with Gasteiger partial charge in [0, 0.05) is 23.5 Å². The minimum atomic E-state index is -0.130. The van der Waals surface area contributed by atoms with Crippen LogP contribution in [0.3, 0.4) is 0 Å². The first-order valence-corrected chi connectivity index (χ1v) is 11.8. The molecule has 29 heavy (non-hydrogen) atoms. The Labute approximate surface area is 177 Å². The summed E-state index contributed by atoms with van der Waals surface area (Å²) in [5, 5.41) is 3.85. The highest BCUT2D eigenvalue weighted by atomic mass is 32.1. The lowest BCUT2D eigenvalue weighted by Gasteiger charge is -2.21. The summed E-state index contributed by atoms with van der Waals surface area (Å²) in [6.07, 6.45) is 9.99. The van der Waals surface area contributed by atoms with E-state index in [1.165, 1.54) is 29.7 Å². The highest BCUT2D eigenvalue weighted by Gasteiger charge is 2.29. The third-order valence-corrected chi connectivity index (χ3v) is 7.24. The molecule has 1 fully saturated rings. The molecule has 1 aromatic heterocycles. The van der Waals surface area contributed by atoms with Crippen molar-refractivity contribution in [3.63, 3.8) is 0 Å². The van der Waals surface area contributed by atoms with Crippen LogP contribution in [0.4, 0.5) is 5.00 Å². The van der Waals surface area contributed by atoms with Crippen LogP contribution < -0.4 is 5.32 Å². The van der Waals surface area contributed by atoms with Gasteiger partial charge in [-0.3, -0.25) is 9.59 Å². The Morgan fingerprint density at radius 3 is 2.45 bits per heavy atom. The number of hydrogen-bond acceptors (Lipinski definition) is 3. The molecule has 1 N–H and O–H groups in total. The highest BCUT2D eigenvalue weighted by molar-refractivity contribution is 7.17. The molecule has 0 spiro atoms. The summed E-state index contributed by atoms with van der Waals surface area (Å²) in [5.74, 6) is -0.0131. The number of rotatable bonds is 3. The zero-order valence-electron chi connectivity index (χ0n) is 17.3. The second-order valence-electron chi connectivity index (χ2n) is 8.30. The van der Waals surface area contributed by atoms with Crippen LogP contribution in [0.2, 0.25) is 0 Å². The predicted molar refractivity (Wildman–Crippen MR) is 119 cm³/mol. The molecule has 4 nitrogen and oxygen atoms in total. The number of amides is 2. The van der Waals surface area contributed by atoms with E-state index >= 15 is 0 Å². The molecule has 2 aliphatic rings. The lowest BCUT2D eigenvalue weighted by molar-refractivity contribution is 0.0762. The molecule has 0 unspecified atom stereocenters. The summed E-state index contributed by atoms with van der Waals surface area (Å²) in [6, 6.07) is 7.61. The van der Waals surface area contributed by atoms with E-state index < -0.39 is 0 Å². The fourth-order valence-electron chi connectivity index (χ4n) is 4.45. The minimum absolute atomic E-state index is 0.117. The van der Waals surface area contributed by atoms with Gasteiger partial charge in [-0.1, -0.05) is 37.0 Å². The Kier molecular flexibility index (Phi) is 6.34. The van der Waals surface area contributed by atoms with Crippen LogP contribution in [0.5, 0.6) is 0 Å². The summed E-state index contributed by atoms with van der Waals surface area (Å²) in [4.78, 5) is 29.8. The van der Waals surface area contributed by atoms with E-state index in [1.54, 1.807) is 11.3 Å². The molecule has 0 radical (unpaired) electrons. The first-order valence-electron chi connectivity index (χ1n) is 11.0. The normalized spacial score (nSPS) is 17.2. The quantitative estimate of drug-likeness (QED) is 0.670. The third-order valence-electron chi connectivity index (χ3n) is 6.04. The molecule has 0 bridgehead atoms. The third kappa shape index (κ3) is 4.55. The Hall–Kier alpha value is -2.14. The van der Waals surface area contributed by atoms with Crippen molar-refractivity contribution >= 4 is 28.2 Å². The molecule has 154 valence electrons. The van der Waals surface area contributed by atoms with Crippen LogP contribution in [0.25, 0.3) is 0 Å². The molecule has 0 saturated carbocycles. The Morgan fingerprint density at radius 2 is 1.69 bits per heavy atom. The first kappa shape index (κ1) is 20.1. The van der Waals surface area contributed by atoms with E-state index in [0.29, 0.717) is 5.56 Å². The maximum atomic E-state index is 13.6. The van der Waals surface area contributed by atoms with Gasteiger partial charge in [0.25, 0.3) is 11.8 Å². The molecule has 2 aromatic rings. The maximum Gasteiger partial charge on any atom is 0.257 e. The van der Waals surface area contributed by atoms with Crippen LogP contribution in [0.1, 0.15) is 81.7 Å². The van der Waals surface area contributed by atoms with Gasteiger partial charge >= 0.3 is 0 Å². The van der Waals surface area contributed by atoms with Crippen molar-refractivity contribution < 1.29 is 9.59 Å². The number of anilines is 1. The monoisotopic (exact) mass is 410 g/mol. The Morgan fingerprint density at radius 1 is 0.966 bits per heavy atom. The number of nitrogens with one attached hydrogen (secondary N) is 1. The van der Waals surface area contributed by atoms with Crippen molar-refractivity contribution in [2.75, 3.05) is 18.4 Å². The Balaban J connectivity index is 1.67. The summed E-state index contributed by atoms with van der Waals surface area (Å²) in [5.41, 5.74) is 3.67. The van der Waals surface area contributed by atoms with Crippen LogP contribution in [-0.4, -0.2) is 29.8 Å². The second kappa shape index (κ2) is 9.12. The van der Waals surface area contributed by atoms with Crippen LogP contribution >= 0.6 is 11.3 Å². The topological polar surface area (TPSA) is 49.4 Å². The average Bonchev–Trinajstić information content (AvgIpc) is 2.94. The number of nitrogens with zero attached hydrogens (tertiary/aromatic N) is 1. The molecule has 1 aliphatic heterocycles. The molecule has 2 heterocycles. The number of aryl methyl sites for hydroxylation is 2. The largest absolute Gasteiger partial charge is 0.339 e. The van der Waals surface area contributed by atoms with E-state index in [-0.39, 0.29) is 11.8 Å². The highest BCUT2D eigenvalue weighted by Crippen LogP contribution is 2.38. The van der Waals surface area contributed by atoms with Crippen LogP contribution in [0.15, 0.2) is 24.3 Å². The van der Waals surface area contributed by atoms with Gasteiger partial charge in [-0.05, 0) is 63.1 Å². The van der Waals surface area contributed by atoms with Crippen molar-refractivity contribution in [3.8, 4) is 0 Å². The van der Waals surface area contributed by atoms with Gasteiger partial charge in [0.2, 0.25) is 0 Å². The molecule has 0 atom stereocenters. The lowest BCUT2D eigenvalue weighted by Crippen LogP contribution is -2.33. The number of hydrogen-bond donors (Lipinski definition) is 1. The van der Waals surface area contributed by atoms with Gasteiger partial charge in [0.1, 0.15) is 5.00 Å². The van der Waals surface area contributed by atoms with E-state index in [9.17, 15) is 9.59 Å². The van der Waals surface area contributed by atoms with Gasteiger partial charge in [-0.2, -0.15) is 0 Å². The second-order valence-corrected chi connectivity index (χ2v) is 9.40. The van der Waals surface area contributed by atoms with Crippen molar-refractivity contribution in [2.45, 2.75) is 64.7 Å². The number of carbonyl (C=O) groups is 2. The van der Waals surface area contributed by atoms with E-state index in [2.05, 4.69) is 5.32 Å². The van der Waals surface area contributed by atoms with Crippen molar-refractivity contribution in [1.29, 1.82) is 0 Å². The molecule has 1 aliphatic carbocycles. The molecule has 4 rings (SSSR count). The van der Waals surface area contributed by atoms with Crippen LogP contribution in [0, 0.1) is 6.92 Å². The number of benzene rings is 1. The Bertz CT molecular complexity index is 894. The summed E-state index contributed by atoms with van der Waals surface area (Å²) >= 11 is 1.62. The predicted octanol–water partition coefficient (Wildman–Crippen LogP) is 5.59. The number of carbonyl (C=O) groups excluding carboxylic acids is 2. The van der Waals surface area contributed by atoms with E-state index in [1.807, 2.05) is 36.1 Å². The first-order chi connectivity index (χ1) is 14.1. The number of likely N-dealkylation sites (tertiary alicyclic amines) is 1. The smallest absolute Gasteiger partial charge is 0.257 e. The minimum Gasteiger partial charge on any atom is -0.339 e. The molecule has 1 saturated heterocycles. The van der Waals surface area contributed by atoms with Gasteiger partial charge in [-0.25, -0.2) is 0 Å². The maximum absolute atomic E-state index is 13.6. The zero-order chi connectivity index (χ0) is 20.2. The average molecular weight is 411 g/mol. The van der Waals surface area contributed by atoms with Gasteiger partial charge < -0.3 is 10.2 Å². The molecular weight excluding hydrogens is 380 g/mol. The van der Waals surface area contributed by atoms with E-state index in [0.717, 1.165) is 67.7 Å². The fourth-order valence-corrected chi connectivity index (χ4v) is 5.73. The molecular formula is C24H30N2O2S. The van der Waals surface area contributed by atoms with Crippen molar-refractivity contribution in [2.24, 2.45) is 0 Å². The summed E-state index contributed by atoms with van der Waals surface area (Å²) < 4.78 is 0. The molecule has 5 heteroatoms. The lowest BCUT2D eigenvalue weighted by atomic mass is 10.0. The summed E-state index contributed by atoms with van der Waals surface area (Å²) in [7, 11) is 0. The van der Waals surface area contributed by atoms with Crippen molar-refractivity contribution in [3.05, 3.63) is 51.4 Å². The van der Waals surface area contributed by atoms with Gasteiger partial charge in [-0.15, -0.1) is 11.3 Å². The molecule has 1 aromatic carbocycles. The van der Waals surface area contributed by atoms with Gasteiger partial charge in [0.05, 0.1) is 5.56 Å². The SMILES string of the molecule is Cc1cccc(C(=O)Nc2sc3c(c2C(=O)N2CCCCCC2)CCCCC3)c1.